The maximum Gasteiger partial charge on any atom is 0.251 e. The lowest BCUT2D eigenvalue weighted by atomic mass is 10.1. The standard InChI is InChI=1S/C17H18N2O3S/c1-11(9-13-3-2-7-22-13)18-17(21)12-4-5-15-14(10-12)19-16(20)6-8-23-15/h2-5,7,10-11H,6,8-9H2,1H3,(H,18,21)(H,19,20)/t11-/m1/s1. The van der Waals surface area contributed by atoms with Crippen LogP contribution < -0.4 is 10.6 Å². The van der Waals surface area contributed by atoms with E-state index in [4.69, 9.17) is 4.42 Å². The molecule has 0 fully saturated rings. The second kappa shape index (κ2) is 6.91. The fourth-order valence-corrected chi connectivity index (χ4v) is 3.39. The first-order valence-electron chi connectivity index (χ1n) is 7.52. The highest BCUT2D eigenvalue weighted by Gasteiger charge is 2.17. The number of furan rings is 1. The van der Waals surface area contributed by atoms with Gasteiger partial charge in [0.25, 0.3) is 5.91 Å². The highest BCUT2D eigenvalue weighted by Crippen LogP contribution is 2.31. The second-order valence-corrected chi connectivity index (χ2v) is 6.65. The lowest BCUT2D eigenvalue weighted by Gasteiger charge is -2.14. The van der Waals surface area contributed by atoms with E-state index in [0.29, 0.717) is 24.1 Å². The number of carbonyl (C=O) groups is 2. The van der Waals surface area contributed by atoms with Crippen LogP contribution in [0.2, 0.25) is 0 Å². The van der Waals surface area contributed by atoms with E-state index < -0.39 is 0 Å². The number of rotatable bonds is 4. The lowest BCUT2D eigenvalue weighted by molar-refractivity contribution is -0.115. The van der Waals surface area contributed by atoms with Gasteiger partial charge in [0, 0.05) is 35.1 Å². The van der Waals surface area contributed by atoms with Crippen molar-refractivity contribution in [1.29, 1.82) is 0 Å². The molecule has 1 aliphatic heterocycles. The summed E-state index contributed by atoms with van der Waals surface area (Å²) in [6, 6.07) is 9.08. The summed E-state index contributed by atoms with van der Waals surface area (Å²) in [5.74, 6) is 1.42. The van der Waals surface area contributed by atoms with Gasteiger partial charge in [0.05, 0.1) is 12.0 Å². The molecule has 2 amide bonds. The Morgan fingerprint density at radius 3 is 3.09 bits per heavy atom. The molecule has 5 nitrogen and oxygen atoms in total. The van der Waals surface area contributed by atoms with Gasteiger partial charge in [-0.25, -0.2) is 0 Å². The molecule has 120 valence electrons. The predicted octanol–water partition coefficient (Wildman–Crippen LogP) is 3.07. The van der Waals surface area contributed by atoms with Crippen molar-refractivity contribution in [1.82, 2.24) is 5.32 Å². The Labute approximate surface area is 138 Å². The molecule has 1 aromatic carbocycles. The van der Waals surface area contributed by atoms with Crippen molar-refractivity contribution in [3.63, 3.8) is 0 Å². The molecule has 2 aromatic rings. The van der Waals surface area contributed by atoms with Gasteiger partial charge in [0.2, 0.25) is 5.91 Å². The first-order valence-corrected chi connectivity index (χ1v) is 8.50. The molecule has 0 unspecified atom stereocenters. The van der Waals surface area contributed by atoms with Crippen LogP contribution in [0.5, 0.6) is 0 Å². The van der Waals surface area contributed by atoms with Crippen LogP contribution in [-0.4, -0.2) is 23.6 Å². The maximum atomic E-state index is 12.4. The van der Waals surface area contributed by atoms with E-state index in [1.807, 2.05) is 25.1 Å². The van der Waals surface area contributed by atoms with Crippen molar-refractivity contribution in [3.8, 4) is 0 Å². The second-order valence-electron chi connectivity index (χ2n) is 5.52. The number of benzene rings is 1. The molecule has 1 atom stereocenters. The Hall–Kier alpha value is -2.21. The van der Waals surface area contributed by atoms with Crippen LogP contribution in [0.4, 0.5) is 5.69 Å². The minimum atomic E-state index is -0.157. The molecule has 2 N–H and O–H groups in total. The molecule has 0 saturated carbocycles. The van der Waals surface area contributed by atoms with E-state index in [1.54, 1.807) is 30.2 Å². The molecule has 3 rings (SSSR count). The Balaban J connectivity index is 1.68. The van der Waals surface area contributed by atoms with Gasteiger partial charge in [-0.3, -0.25) is 9.59 Å². The van der Waals surface area contributed by atoms with Gasteiger partial charge in [0.1, 0.15) is 5.76 Å². The summed E-state index contributed by atoms with van der Waals surface area (Å²) in [6.07, 6.45) is 2.74. The number of nitrogens with one attached hydrogen (secondary N) is 2. The first-order chi connectivity index (χ1) is 11.1. The maximum absolute atomic E-state index is 12.4. The zero-order valence-electron chi connectivity index (χ0n) is 12.8. The molecule has 1 aliphatic rings. The summed E-state index contributed by atoms with van der Waals surface area (Å²) >= 11 is 1.62. The SMILES string of the molecule is C[C@H](Cc1ccco1)NC(=O)c1ccc2c(c1)NC(=O)CCS2. The first kappa shape index (κ1) is 15.7. The van der Waals surface area contributed by atoms with E-state index in [9.17, 15) is 9.59 Å². The van der Waals surface area contributed by atoms with Gasteiger partial charge in [0.15, 0.2) is 0 Å². The van der Waals surface area contributed by atoms with Crippen LogP contribution in [0.1, 0.15) is 29.5 Å². The normalized spacial score (nSPS) is 15.3. The van der Waals surface area contributed by atoms with E-state index in [2.05, 4.69) is 10.6 Å². The smallest absolute Gasteiger partial charge is 0.251 e. The number of fused-ring (bicyclic) bond motifs is 1. The van der Waals surface area contributed by atoms with Gasteiger partial charge < -0.3 is 15.1 Å². The van der Waals surface area contributed by atoms with Crippen LogP contribution in [-0.2, 0) is 11.2 Å². The summed E-state index contributed by atoms with van der Waals surface area (Å²) in [4.78, 5) is 25.0. The largest absolute Gasteiger partial charge is 0.469 e. The number of hydrogen-bond donors (Lipinski definition) is 2. The molecule has 1 aromatic heterocycles. The van der Waals surface area contributed by atoms with Gasteiger partial charge in [-0.2, -0.15) is 0 Å². The zero-order chi connectivity index (χ0) is 16.2. The van der Waals surface area contributed by atoms with Gasteiger partial charge in [-0.15, -0.1) is 11.8 Å². The summed E-state index contributed by atoms with van der Waals surface area (Å²) in [7, 11) is 0. The van der Waals surface area contributed by atoms with Crippen molar-refractivity contribution in [2.45, 2.75) is 30.7 Å². The fourth-order valence-electron chi connectivity index (χ4n) is 2.45. The number of carbonyl (C=O) groups excluding carboxylic acids is 2. The highest BCUT2D eigenvalue weighted by molar-refractivity contribution is 7.99. The minimum Gasteiger partial charge on any atom is -0.469 e. The Kier molecular flexibility index (Phi) is 4.71. The molecule has 6 heteroatoms. The van der Waals surface area contributed by atoms with E-state index >= 15 is 0 Å². The van der Waals surface area contributed by atoms with Crippen LogP contribution in [0.15, 0.2) is 45.9 Å². The van der Waals surface area contributed by atoms with Crippen LogP contribution in [0, 0.1) is 0 Å². The summed E-state index contributed by atoms with van der Waals surface area (Å²) in [5, 5.41) is 5.80. The molecule has 0 aliphatic carbocycles. The van der Waals surface area contributed by atoms with Crippen molar-refractivity contribution in [3.05, 3.63) is 47.9 Å². The average molecular weight is 330 g/mol. The number of amides is 2. The molecule has 0 bridgehead atoms. The number of hydrogen-bond acceptors (Lipinski definition) is 4. The molecular formula is C17H18N2O3S. The summed E-state index contributed by atoms with van der Waals surface area (Å²) in [5.41, 5.74) is 1.25. The topological polar surface area (TPSA) is 71.3 Å². The third kappa shape index (κ3) is 3.96. The highest BCUT2D eigenvalue weighted by atomic mass is 32.2. The minimum absolute atomic E-state index is 0.0139. The molecule has 0 saturated heterocycles. The van der Waals surface area contributed by atoms with Crippen molar-refractivity contribution >= 4 is 29.3 Å². The van der Waals surface area contributed by atoms with Gasteiger partial charge in [-0.1, -0.05) is 0 Å². The fraction of sp³-hybridized carbons (Fsp3) is 0.294. The molecule has 2 heterocycles. The summed E-state index contributed by atoms with van der Waals surface area (Å²) in [6.45, 7) is 1.93. The quantitative estimate of drug-likeness (QED) is 0.904. The van der Waals surface area contributed by atoms with Crippen LogP contribution in [0.3, 0.4) is 0 Å². The third-order valence-electron chi connectivity index (χ3n) is 3.57. The molecule has 23 heavy (non-hydrogen) atoms. The summed E-state index contributed by atoms with van der Waals surface area (Å²) < 4.78 is 5.29. The van der Waals surface area contributed by atoms with E-state index in [0.717, 1.165) is 16.4 Å². The van der Waals surface area contributed by atoms with Gasteiger partial charge in [-0.05, 0) is 37.3 Å². The Morgan fingerprint density at radius 2 is 2.30 bits per heavy atom. The third-order valence-corrected chi connectivity index (χ3v) is 4.64. The van der Waals surface area contributed by atoms with E-state index in [1.165, 1.54) is 0 Å². The van der Waals surface area contributed by atoms with Gasteiger partial charge >= 0.3 is 0 Å². The predicted molar refractivity (Wildman–Crippen MR) is 89.8 cm³/mol. The Morgan fingerprint density at radius 1 is 1.43 bits per heavy atom. The van der Waals surface area contributed by atoms with Crippen LogP contribution >= 0.6 is 11.8 Å². The molecule has 0 spiro atoms. The zero-order valence-corrected chi connectivity index (χ0v) is 13.6. The van der Waals surface area contributed by atoms with Crippen LogP contribution in [0.25, 0.3) is 0 Å². The van der Waals surface area contributed by atoms with E-state index in [-0.39, 0.29) is 17.9 Å². The molecular weight excluding hydrogens is 312 g/mol. The number of thioether (sulfide) groups is 1. The van der Waals surface area contributed by atoms with Crippen molar-refractivity contribution in [2.75, 3.05) is 11.1 Å². The average Bonchev–Trinajstić information content (AvgIpc) is 2.93. The van der Waals surface area contributed by atoms with Crippen molar-refractivity contribution < 1.29 is 14.0 Å². The van der Waals surface area contributed by atoms with Crippen molar-refractivity contribution in [2.24, 2.45) is 0 Å². The monoisotopic (exact) mass is 330 g/mol. The number of anilines is 1. The Bertz CT molecular complexity index is 713. The molecule has 0 radical (unpaired) electrons. The lowest BCUT2D eigenvalue weighted by Crippen LogP contribution is -2.34.